The molecule has 0 aliphatic heterocycles. The molecular formula is C42H42N6O6. The van der Waals surface area contributed by atoms with Crippen LogP contribution in [0.3, 0.4) is 0 Å². The molecule has 3 aromatic carbocycles. The predicted molar refractivity (Wildman–Crippen MR) is 214 cm³/mol. The molecule has 0 amide bonds. The molecule has 3 N–H and O–H groups in total. The molecule has 0 saturated carbocycles. The summed E-state index contributed by atoms with van der Waals surface area (Å²) < 4.78 is 19.1. The highest BCUT2D eigenvalue weighted by atomic mass is 16.5. The number of pyridine rings is 3. The molecule has 0 saturated heterocycles. The van der Waals surface area contributed by atoms with Crippen molar-refractivity contribution in [3.63, 3.8) is 0 Å². The third kappa shape index (κ3) is 7.45. The van der Waals surface area contributed by atoms with E-state index < -0.39 is 33.5 Å². The fourth-order valence-electron chi connectivity index (χ4n) is 6.11. The summed E-state index contributed by atoms with van der Waals surface area (Å²) in [5, 5.41) is 1.76. The van der Waals surface area contributed by atoms with Gasteiger partial charge in [-0.3, -0.25) is 14.4 Å². The largest absolute Gasteiger partial charge is 0.487 e. The van der Waals surface area contributed by atoms with Gasteiger partial charge < -0.3 is 29.2 Å². The van der Waals surface area contributed by atoms with Gasteiger partial charge in [0.2, 0.25) is 0 Å². The van der Waals surface area contributed by atoms with Gasteiger partial charge in [-0.1, -0.05) is 18.2 Å². The monoisotopic (exact) mass is 726 g/mol. The number of nitrogens with one attached hydrogen (secondary N) is 3. The summed E-state index contributed by atoms with van der Waals surface area (Å²) in [6.07, 6.45) is 0. The molecule has 7 aromatic rings. The van der Waals surface area contributed by atoms with Crippen LogP contribution in [0.1, 0.15) is 62.3 Å². The van der Waals surface area contributed by atoms with Gasteiger partial charge in [-0.05, 0) is 98.7 Å². The minimum atomic E-state index is -0.634. The van der Waals surface area contributed by atoms with E-state index in [1.165, 1.54) is 0 Å². The van der Waals surface area contributed by atoms with Gasteiger partial charge in [0, 0.05) is 34.4 Å². The van der Waals surface area contributed by atoms with E-state index in [0.29, 0.717) is 66.5 Å². The quantitative estimate of drug-likeness (QED) is 0.163. The van der Waals surface area contributed by atoms with Crippen LogP contribution in [0.2, 0.25) is 0 Å². The molecule has 0 aliphatic carbocycles. The predicted octanol–water partition coefficient (Wildman–Crippen LogP) is 8.07. The van der Waals surface area contributed by atoms with Gasteiger partial charge >= 0.3 is 0 Å². The Bertz CT molecular complexity index is 2620. The van der Waals surface area contributed by atoms with Gasteiger partial charge in [0.15, 0.2) is 0 Å². The van der Waals surface area contributed by atoms with Crippen molar-refractivity contribution in [2.24, 2.45) is 0 Å². The fourth-order valence-corrected chi connectivity index (χ4v) is 6.11. The number of hydrogen-bond donors (Lipinski definition) is 3. The molecule has 12 nitrogen and oxygen atoms in total. The number of ether oxygens (including phenoxy) is 3. The maximum atomic E-state index is 14.1. The van der Waals surface area contributed by atoms with E-state index >= 15 is 0 Å². The number of hydrogen-bond acceptors (Lipinski definition) is 9. The van der Waals surface area contributed by atoms with Crippen molar-refractivity contribution in [3.8, 4) is 17.2 Å². The van der Waals surface area contributed by atoms with Gasteiger partial charge in [-0.2, -0.15) is 0 Å². The topological polar surface area (TPSA) is 165 Å². The lowest BCUT2D eigenvalue weighted by atomic mass is 10.1. The first-order valence-corrected chi connectivity index (χ1v) is 17.6. The lowest BCUT2D eigenvalue weighted by Gasteiger charge is -2.22. The van der Waals surface area contributed by atoms with Crippen LogP contribution in [0.25, 0.3) is 65.8 Å². The smallest absolute Gasteiger partial charge is 0.274 e. The molecule has 0 fully saturated rings. The number of aromatic amines is 3. The van der Waals surface area contributed by atoms with Crippen LogP contribution in [-0.2, 0) is 0 Å². The SMILES string of the molecule is CC(C)(C)Oc1cc2nc3c(cccc13)[nH]c(=O)c1cc(OC(C)(C)C)c3cccc([nH]c(=O)c4cc(OC(C)(C)C)c5cccc([nH]c2=O)c5n4)c3n1. The van der Waals surface area contributed by atoms with Crippen LogP contribution in [0.4, 0.5) is 0 Å². The van der Waals surface area contributed by atoms with Crippen molar-refractivity contribution < 1.29 is 14.2 Å². The maximum Gasteiger partial charge on any atom is 0.274 e. The second-order valence-corrected chi connectivity index (χ2v) is 16.1. The second kappa shape index (κ2) is 13.0. The average molecular weight is 727 g/mol. The van der Waals surface area contributed by atoms with E-state index in [4.69, 9.17) is 29.2 Å². The molecular weight excluding hydrogens is 684 g/mol. The third-order valence-corrected chi connectivity index (χ3v) is 8.10. The lowest BCUT2D eigenvalue weighted by Crippen LogP contribution is -2.23. The number of aromatic nitrogens is 6. The highest BCUT2D eigenvalue weighted by molar-refractivity contribution is 6.00. The van der Waals surface area contributed by atoms with E-state index in [2.05, 4.69) is 15.0 Å². The molecule has 4 aromatic heterocycles. The number of rotatable bonds is 3. The van der Waals surface area contributed by atoms with Gasteiger partial charge in [-0.25, -0.2) is 15.0 Å². The lowest BCUT2D eigenvalue weighted by molar-refractivity contribution is 0.133. The molecule has 0 radical (unpaired) electrons. The Morgan fingerprint density at radius 1 is 0.426 bits per heavy atom. The zero-order valence-corrected chi connectivity index (χ0v) is 31.7. The summed E-state index contributed by atoms with van der Waals surface area (Å²) in [6.45, 7) is 17.1. The second-order valence-electron chi connectivity index (χ2n) is 16.1. The molecule has 12 heteroatoms. The highest BCUT2D eigenvalue weighted by Crippen LogP contribution is 2.33. The van der Waals surface area contributed by atoms with E-state index in [0.717, 1.165) is 0 Å². The first-order valence-electron chi connectivity index (χ1n) is 17.6. The van der Waals surface area contributed by atoms with Crippen molar-refractivity contribution in [2.75, 3.05) is 0 Å². The minimum Gasteiger partial charge on any atom is -0.487 e. The molecule has 0 atom stereocenters. The van der Waals surface area contributed by atoms with Crippen LogP contribution in [-0.4, -0.2) is 46.7 Å². The van der Waals surface area contributed by atoms with Crippen molar-refractivity contribution >= 4 is 65.8 Å². The normalized spacial score (nSPS) is 12.4. The fraction of sp³-hybridized carbons (Fsp3) is 0.286. The molecule has 6 bridgehead atoms. The van der Waals surface area contributed by atoms with E-state index in [9.17, 15) is 14.4 Å². The van der Waals surface area contributed by atoms with E-state index in [1.54, 1.807) is 54.6 Å². The Kier molecular flexibility index (Phi) is 8.67. The Morgan fingerprint density at radius 2 is 0.685 bits per heavy atom. The summed E-state index contributed by atoms with van der Waals surface area (Å²) in [6, 6.07) is 20.6. The Morgan fingerprint density at radius 3 is 0.926 bits per heavy atom. The van der Waals surface area contributed by atoms with Gasteiger partial charge in [0.1, 0.15) is 50.6 Å². The molecule has 0 aliphatic rings. The van der Waals surface area contributed by atoms with Crippen LogP contribution in [0.15, 0.2) is 87.2 Å². The first kappa shape index (κ1) is 36.1. The first-order chi connectivity index (χ1) is 25.3. The van der Waals surface area contributed by atoms with Gasteiger partial charge in [-0.15, -0.1) is 0 Å². The number of H-pyrrole nitrogens is 3. The van der Waals surface area contributed by atoms with Crippen LogP contribution in [0.5, 0.6) is 17.2 Å². The van der Waals surface area contributed by atoms with Crippen LogP contribution >= 0.6 is 0 Å². The standard InChI is InChI=1S/C42H42N6O6/c1-40(2,3)52-31-19-28-37(49)47-26-17-11-14-23-33(54-42(7,8)9)21-30(45-35(23)26)39(51)48-27-18-12-15-24-32(53-41(4,5)6)20-29(44-36(24)27)38(50)46-25-16-10-13-22(31)34(25)43-28/h10-21H,1-9H3,(H,46,50)(H,47,49)(H,48,51). The Hall–Kier alpha value is -6.30. The molecule has 54 heavy (non-hydrogen) atoms. The van der Waals surface area contributed by atoms with Gasteiger partial charge in [0.05, 0.1) is 33.1 Å². The number of benzene rings is 3. The zero-order chi connectivity index (χ0) is 38.7. The summed E-state index contributed by atoms with van der Waals surface area (Å²) in [5.41, 5.74) is -1.54. The van der Waals surface area contributed by atoms with Crippen molar-refractivity contribution in [1.29, 1.82) is 0 Å². The van der Waals surface area contributed by atoms with Crippen molar-refractivity contribution in [3.05, 3.63) is 104 Å². The zero-order valence-electron chi connectivity index (χ0n) is 31.7. The Labute approximate surface area is 309 Å². The van der Waals surface area contributed by atoms with Crippen LogP contribution < -0.4 is 30.9 Å². The highest BCUT2D eigenvalue weighted by Gasteiger charge is 2.20. The summed E-state index contributed by atoms with van der Waals surface area (Å²) >= 11 is 0. The number of nitrogens with zero attached hydrogens (tertiary/aromatic N) is 3. The van der Waals surface area contributed by atoms with Crippen molar-refractivity contribution in [2.45, 2.75) is 79.1 Å². The minimum absolute atomic E-state index is 0.0240. The molecule has 0 spiro atoms. The van der Waals surface area contributed by atoms with Gasteiger partial charge in [0.25, 0.3) is 16.7 Å². The molecule has 0 unspecified atom stereocenters. The van der Waals surface area contributed by atoms with Crippen molar-refractivity contribution in [1.82, 2.24) is 29.9 Å². The maximum absolute atomic E-state index is 14.1. The molecule has 276 valence electrons. The number of fused-ring (bicyclic) bond motifs is 3. The van der Waals surface area contributed by atoms with Crippen LogP contribution in [0, 0.1) is 0 Å². The van der Waals surface area contributed by atoms with E-state index in [1.807, 2.05) is 80.5 Å². The molecule has 7 rings (SSSR count). The number of para-hydroxylation sites is 3. The molecule has 4 heterocycles. The Balaban J connectivity index is 1.75. The van der Waals surface area contributed by atoms with E-state index in [-0.39, 0.29) is 16.6 Å². The average Bonchev–Trinajstić information content (AvgIpc) is 3.06. The third-order valence-electron chi connectivity index (χ3n) is 8.10. The summed E-state index contributed by atoms with van der Waals surface area (Å²) in [4.78, 5) is 65.6. The summed E-state index contributed by atoms with van der Waals surface area (Å²) in [7, 11) is 0. The summed E-state index contributed by atoms with van der Waals surface area (Å²) in [5.74, 6) is 1.19.